The van der Waals surface area contributed by atoms with Crippen molar-refractivity contribution in [3.63, 3.8) is 0 Å². The molecule has 40 heavy (non-hydrogen) atoms. The van der Waals surface area contributed by atoms with E-state index < -0.39 is 62.0 Å². The highest BCUT2D eigenvalue weighted by atomic mass is 31.2. The molecular weight excluding hydrogens is 552 g/mol. The van der Waals surface area contributed by atoms with Crippen LogP contribution in [-0.4, -0.2) is 66.1 Å². The zero-order valence-electron chi connectivity index (χ0n) is 22.7. The van der Waals surface area contributed by atoms with E-state index in [2.05, 4.69) is 5.09 Å². The van der Waals surface area contributed by atoms with Crippen molar-refractivity contribution in [1.29, 1.82) is 0 Å². The van der Waals surface area contributed by atoms with E-state index in [-0.39, 0.29) is 18.7 Å². The molecule has 15 heteroatoms. The molecule has 1 aliphatic rings. The van der Waals surface area contributed by atoms with Gasteiger partial charge in [0.25, 0.3) is 5.56 Å². The fourth-order valence-corrected chi connectivity index (χ4v) is 5.31. The van der Waals surface area contributed by atoms with Crippen molar-refractivity contribution in [1.82, 2.24) is 14.6 Å². The van der Waals surface area contributed by atoms with E-state index in [1.807, 2.05) is 4.98 Å². The third-order valence-corrected chi connectivity index (χ3v) is 7.38. The van der Waals surface area contributed by atoms with Gasteiger partial charge in [0, 0.05) is 31.9 Å². The Balaban J connectivity index is 1.87. The van der Waals surface area contributed by atoms with Gasteiger partial charge in [0.1, 0.15) is 11.9 Å². The molecule has 1 aliphatic heterocycles. The average Bonchev–Trinajstić information content (AvgIpc) is 3.16. The molecule has 0 saturated carbocycles. The number of aromatic nitrogens is 2. The van der Waals surface area contributed by atoms with Crippen LogP contribution in [0.25, 0.3) is 0 Å². The van der Waals surface area contributed by atoms with Gasteiger partial charge < -0.3 is 23.5 Å². The summed E-state index contributed by atoms with van der Waals surface area (Å²) in [5.41, 5.74) is -4.06. The molecule has 2 heterocycles. The van der Waals surface area contributed by atoms with Crippen LogP contribution in [0.2, 0.25) is 0 Å². The molecule has 0 radical (unpaired) electrons. The van der Waals surface area contributed by atoms with Crippen LogP contribution in [0, 0.1) is 0 Å². The number of halogens is 1. The number of para-hydroxylation sites is 1. The minimum atomic E-state index is -4.18. The summed E-state index contributed by atoms with van der Waals surface area (Å²) in [6, 6.07) is 9.24. The van der Waals surface area contributed by atoms with Crippen LogP contribution in [0.5, 0.6) is 5.75 Å². The minimum Gasteiger partial charge on any atom is -0.456 e. The third kappa shape index (κ3) is 8.09. The van der Waals surface area contributed by atoms with E-state index >= 15 is 4.39 Å². The molecule has 0 amide bonds. The summed E-state index contributed by atoms with van der Waals surface area (Å²) in [6.45, 7) is 6.18. The zero-order valence-corrected chi connectivity index (χ0v) is 23.6. The molecule has 3 rings (SSSR count). The number of carbonyl (C=O) groups is 1. The van der Waals surface area contributed by atoms with E-state index in [0.29, 0.717) is 13.2 Å². The zero-order chi connectivity index (χ0) is 29.3. The molecule has 0 bridgehead atoms. The first-order chi connectivity index (χ1) is 19.0. The van der Waals surface area contributed by atoms with Gasteiger partial charge in [-0.15, -0.1) is 0 Å². The summed E-state index contributed by atoms with van der Waals surface area (Å²) in [7, 11) is -4.18. The van der Waals surface area contributed by atoms with Crippen molar-refractivity contribution in [2.45, 2.75) is 64.5 Å². The van der Waals surface area contributed by atoms with E-state index in [9.17, 15) is 18.9 Å². The molecule has 2 N–H and O–H groups in total. The van der Waals surface area contributed by atoms with Gasteiger partial charge in [-0.1, -0.05) is 25.1 Å². The number of aromatic amines is 1. The molecule has 1 fully saturated rings. The number of nitrogens with one attached hydrogen (secondary N) is 2. The smallest absolute Gasteiger partial charge is 0.456 e. The fourth-order valence-electron chi connectivity index (χ4n) is 3.99. The van der Waals surface area contributed by atoms with Gasteiger partial charge in [-0.3, -0.25) is 23.7 Å². The summed E-state index contributed by atoms with van der Waals surface area (Å²) in [5.74, 6) is -0.507. The third-order valence-electron chi connectivity index (χ3n) is 5.87. The number of carbonyl (C=O) groups excluding carboxylic acids is 1. The predicted molar refractivity (Wildman–Crippen MR) is 141 cm³/mol. The number of hydrogen-bond acceptors (Lipinski definition) is 10. The molecule has 1 aromatic heterocycles. The van der Waals surface area contributed by atoms with Gasteiger partial charge in [-0.05, 0) is 32.9 Å². The minimum absolute atomic E-state index is 0.0587. The first kappa shape index (κ1) is 31.7. The molecule has 13 nitrogen and oxygen atoms in total. The van der Waals surface area contributed by atoms with Crippen LogP contribution in [0.3, 0.4) is 0 Å². The van der Waals surface area contributed by atoms with Crippen LogP contribution < -0.4 is 20.9 Å². The number of hydrogen-bond donors (Lipinski definition) is 2. The first-order valence-corrected chi connectivity index (χ1v) is 14.4. The Kier molecular flexibility index (Phi) is 11.2. The van der Waals surface area contributed by atoms with Crippen LogP contribution in [-0.2, 0) is 32.8 Å². The average molecular weight is 588 g/mol. The van der Waals surface area contributed by atoms with Crippen LogP contribution >= 0.6 is 7.75 Å². The van der Waals surface area contributed by atoms with Crippen molar-refractivity contribution in [2.75, 3.05) is 26.4 Å². The summed E-state index contributed by atoms with van der Waals surface area (Å²) in [6.07, 6.45) is -4.25. The second kappa shape index (κ2) is 14.2. The summed E-state index contributed by atoms with van der Waals surface area (Å²) in [5, 5.41) is 2.69. The van der Waals surface area contributed by atoms with Crippen molar-refractivity contribution in [2.24, 2.45) is 0 Å². The molecule has 5 unspecified atom stereocenters. The van der Waals surface area contributed by atoms with E-state index in [1.54, 1.807) is 44.2 Å². The van der Waals surface area contributed by atoms with E-state index in [4.69, 9.17) is 28.0 Å². The second-order valence-corrected chi connectivity index (χ2v) is 10.6. The number of esters is 1. The highest BCUT2D eigenvalue weighted by molar-refractivity contribution is 7.52. The van der Waals surface area contributed by atoms with Gasteiger partial charge in [-0.2, -0.15) is 0 Å². The van der Waals surface area contributed by atoms with Gasteiger partial charge in [0.05, 0.1) is 13.2 Å². The van der Waals surface area contributed by atoms with Gasteiger partial charge in [0.2, 0.25) is 0 Å². The molecule has 0 spiro atoms. The summed E-state index contributed by atoms with van der Waals surface area (Å²) in [4.78, 5) is 38.1. The molecule has 2 aromatic rings. The number of alkyl halides is 1. The molecule has 5 atom stereocenters. The second-order valence-electron chi connectivity index (χ2n) is 8.86. The normalized spacial score (nSPS) is 24.1. The lowest BCUT2D eigenvalue weighted by Gasteiger charge is -2.28. The predicted octanol–water partition coefficient (Wildman–Crippen LogP) is 2.68. The largest absolute Gasteiger partial charge is 0.458 e. The Labute approximate surface area is 230 Å². The maximum Gasteiger partial charge on any atom is 0.458 e. The lowest BCUT2D eigenvalue weighted by Crippen LogP contribution is -2.46. The molecule has 1 aromatic carbocycles. The quantitative estimate of drug-likeness (QED) is 0.179. The van der Waals surface area contributed by atoms with E-state index in [1.165, 1.54) is 6.92 Å². The molecule has 1 saturated heterocycles. The number of nitrogens with zero attached hydrogens (tertiary/aromatic N) is 1. The van der Waals surface area contributed by atoms with Crippen LogP contribution in [0.4, 0.5) is 4.39 Å². The Hall–Kier alpha value is -2.87. The Morgan fingerprint density at radius 3 is 2.45 bits per heavy atom. The maximum absolute atomic E-state index is 16.2. The Morgan fingerprint density at radius 2 is 1.85 bits per heavy atom. The van der Waals surface area contributed by atoms with Gasteiger partial charge >= 0.3 is 19.4 Å². The van der Waals surface area contributed by atoms with Crippen molar-refractivity contribution in [3.05, 3.63) is 63.4 Å². The van der Waals surface area contributed by atoms with Crippen molar-refractivity contribution >= 4 is 13.7 Å². The van der Waals surface area contributed by atoms with Crippen LogP contribution in [0.15, 0.2) is 52.2 Å². The Morgan fingerprint density at radius 1 is 1.18 bits per heavy atom. The molecular formula is C25H35FN3O10P. The van der Waals surface area contributed by atoms with Crippen molar-refractivity contribution < 1.29 is 41.7 Å². The standard InChI is InChI=1S/C25H35FN3O10P/c1-5-20(31)38-22-18(37-23(25(22,4)26)29-14-13-19(30)28-24(29)32)16-36-40(33,39-17-11-9-8-10-12-17)27-15-21(34-6-2)35-7-3/h8-14,18,21-23H,5-7,15-16H2,1-4H3,(H,27,33)(H,28,30,32). The van der Waals surface area contributed by atoms with Crippen molar-refractivity contribution in [3.8, 4) is 5.75 Å². The first-order valence-electron chi connectivity index (χ1n) is 12.9. The number of H-pyrrole nitrogens is 1. The fraction of sp³-hybridized carbons (Fsp3) is 0.560. The highest BCUT2D eigenvalue weighted by Gasteiger charge is 2.58. The summed E-state index contributed by atoms with van der Waals surface area (Å²) >= 11 is 0. The SMILES string of the molecule is CCOC(CNP(=O)(OCC1OC(n2ccc(=O)[nH]c2=O)C(C)(F)C1OC(=O)CC)Oc1ccccc1)OCC. The van der Waals surface area contributed by atoms with Gasteiger partial charge in [0.15, 0.2) is 24.3 Å². The highest BCUT2D eigenvalue weighted by Crippen LogP contribution is 2.47. The number of benzene rings is 1. The molecule has 222 valence electrons. The maximum atomic E-state index is 16.2. The summed E-state index contributed by atoms with van der Waals surface area (Å²) < 4.78 is 64.3. The van der Waals surface area contributed by atoms with Gasteiger partial charge in [-0.25, -0.2) is 18.8 Å². The topological polar surface area (TPSA) is 156 Å². The monoisotopic (exact) mass is 587 g/mol. The molecule has 0 aliphatic carbocycles. The van der Waals surface area contributed by atoms with E-state index in [0.717, 1.165) is 23.8 Å². The Bertz CT molecular complexity index is 1270. The lowest BCUT2D eigenvalue weighted by atomic mass is 9.98. The number of ether oxygens (including phenoxy) is 4. The lowest BCUT2D eigenvalue weighted by molar-refractivity contribution is -0.157. The van der Waals surface area contributed by atoms with Crippen LogP contribution in [0.1, 0.15) is 40.3 Å². The number of rotatable bonds is 15.